The van der Waals surface area contributed by atoms with Crippen LogP contribution in [0.3, 0.4) is 0 Å². The molecule has 4 nitrogen and oxygen atoms in total. The van der Waals surface area contributed by atoms with Gasteiger partial charge >= 0.3 is 6.03 Å². The first-order chi connectivity index (χ1) is 10.6. The summed E-state index contributed by atoms with van der Waals surface area (Å²) in [5.41, 5.74) is 1.03. The summed E-state index contributed by atoms with van der Waals surface area (Å²) in [4.78, 5) is 14.6. The van der Waals surface area contributed by atoms with Gasteiger partial charge in [-0.2, -0.15) is 0 Å². The van der Waals surface area contributed by atoms with Crippen molar-refractivity contribution in [3.63, 3.8) is 0 Å². The van der Waals surface area contributed by atoms with Crippen molar-refractivity contribution in [3.8, 4) is 0 Å². The van der Waals surface area contributed by atoms with Crippen molar-refractivity contribution in [2.75, 3.05) is 19.8 Å². The lowest BCUT2D eigenvalue weighted by molar-refractivity contribution is 0.161. The van der Waals surface area contributed by atoms with Crippen LogP contribution in [-0.2, 0) is 4.74 Å². The molecule has 1 aliphatic carbocycles. The normalized spacial score (nSPS) is 22.4. The zero-order valence-corrected chi connectivity index (χ0v) is 13.7. The van der Waals surface area contributed by atoms with Crippen molar-refractivity contribution < 1.29 is 9.53 Å². The number of amides is 2. The van der Waals surface area contributed by atoms with Crippen LogP contribution in [0.4, 0.5) is 4.79 Å². The molecule has 1 heterocycles. The van der Waals surface area contributed by atoms with Gasteiger partial charge in [0, 0.05) is 30.1 Å². The molecule has 1 N–H and O–H groups in total. The van der Waals surface area contributed by atoms with Gasteiger partial charge in [0.2, 0.25) is 0 Å². The molecule has 2 aliphatic rings. The van der Waals surface area contributed by atoms with Gasteiger partial charge < -0.3 is 15.0 Å². The highest BCUT2D eigenvalue weighted by atomic mass is 35.5. The lowest BCUT2D eigenvalue weighted by Gasteiger charge is -2.27. The van der Waals surface area contributed by atoms with Crippen LogP contribution in [0.1, 0.15) is 37.8 Å². The molecule has 120 valence electrons. The molecule has 0 bridgehead atoms. The third kappa shape index (κ3) is 3.93. The summed E-state index contributed by atoms with van der Waals surface area (Å²) in [5.74, 6) is 0.479. The van der Waals surface area contributed by atoms with E-state index in [4.69, 9.17) is 16.3 Å². The van der Waals surface area contributed by atoms with Gasteiger partial charge in [-0.1, -0.05) is 23.7 Å². The van der Waals surface area contributed by atoms with Gasteiger partial charge in [-0.3, -0.25) is 0 Å². The number of carbonyl (C=O) groups is 1. The predicted octanol–water partition coefficient (Wildman–Crippen LogP) is 3.61. The second kappa shape index (κ2) is 6.88. The molecule has 1 saturated carbocycles. The van der Waals surface area contributed by atoms with Gasteiger partial charge in [-0.05, 0) is 43.9 Å². The summed E-state index contributed by atoms with van der Waals surface area (Å²) in [7, 11) is 0. The van der Waals surface area contributed by atoms with Crippen LogP contribution in [-0.4, -0.2) is 36.7 Å². The third-order valence-electron chi connectivity index (χ3n) is 4.42. The summed E-state index contributed by atoms with van der Waals surface area (Å²) in [6.45, 7) is 4.40. The van der Waals surface area contributed by atoms with Gasteiger partial charge in [-0.15, -0.1) is 0 Å². The zero-order valence-electron chi connectivity index (χ0n) is 12.9. The van der Waals surface area contributed by atoms with Gasteiger partial charge in [0.05, 0.1) is 12.6 Å². The standard InChI is InChI=1S/C17H23ClN2O2/c1-12(14-3-2-4-15(18)9-14)19-17(21)20(16-5-6-16)10-13-7-8-22-11-13/h2-4,9,12-13,16H,5-8,10-11H2,1H3,(H,19,21). The predicted molar refractivity (Wildman–Crippen MR) is 87.1 cm³/mol. The van der Waals surface area contributed by atoms with Gasteiger partial charge in [0.1, 0.15) is 0 Å². The molecular weight excluding hydrogens is 300 g/mol. The average Bonchev–Trinajstić information content (AvgIpc) is 3.21. The molecule has 1 aromatic carbocycles. The number of benzene rings is 1. The lowest BCUT2D eigenvalue weighted by Crippen LogP contribution is -2.44. The first-order valence-corrected chi connectivity index (χ1v) is 8.41. The minimum atomic E-state index is -0.0488. The minimum Gasteiger partial charge on any atom is -0.381 e. The van der Waals surface area contributed by atoms with Crippen LogP contribution < -0.4 is 5.32 Å². The Hall–Kier alpha value is -1.26. The van der Waals surface area contributed by atoms with Crippen LogP contribution in [0.25, 0.3) is 0 Å². The van der Waals surface area contributed by atoms with E-state index in [1.807, 2.05) is 36.1 Å². The van der Waals surface area contributed by atoms with Gasteiger partial charge in [-0.25, -0.2) is 4.79 Å². The van der Waals surface area contributed by atoms with E-state index in [2.05, 4.69) is 5.32 Å². The summed E-state index contributed by atoms with van der Waals surface area (Å²) in [5, 5.41) is 3.80. The highest BCUT2D eigenvalue weighted by molar-refractivity contribution is 6.30. The number of nitrogens with one attached hydrogen (secondary N) is 1. The fourth-order valence-corrected chi connectivity index (χ4v) is 3.12. The molecule has 1 aromatic rings. The molecule has 1 aliphatic heterocycles. The number of rotatable bonds is 5. The van der Waals surface area contributed by atoms with Gasteiger partial charge in [0.25, 0.3) is 0 Å². The highest BCUT2D eigenvalue weighted by Gasteiger charge is 2.35. The number of ether oxygens (including phenoxy) is 1. The maximum atomic E-state index is 12.6. The summed E-state index contributed by atoms with van der Waals surface area (Å²) < 4.78 is 5.43. The molecule has 5 heteroatoms. The van der Waals surface area contributed by atoms with Crippen molar-refractivity contribution in [3.05, 3.63) is 34.9 Å². The van der Waals surface area contributed by atoms with Crippen LogP contribution in [0, 0.1) is 5.92 Å². The molecule has 2 amide bonds. The maximum absolute atomic E-state index is 12.6. The van der Waals surface area contributed by atoms with E-state index in [0.717, 1.165) is 44.6 Å². The van der Waals surface area contributed by atoms with E-state index in [1.54, 1.807) is 0 Å². The molecular formula is C17H23ClN2O2. The average molecular weight is 323 g/mol. The van der Waals surface area contributed by atoms with Crippen LogP contribution >= 0.6 is 11.6 Å². The van der Waals surface area contributed by atoms with Crippen molar-refractivity contribution in [2.24, 2.45) is 5.92 Å². The van der Waals surface area contributed by atoms with Crippen molar-refractivity contribution in [1.29, 1.82) is 0 Å². The Balaban J connectivity index is 1.60. The zero-order chi connectivity index (χ0) is 15.5. The van der Waals surface area contributed by atoms with E-state index in [1.165, 1.54) is 0 Å². The van der Waals surface area contributed by atoms with E-state index in [0.29, 0.717) is 17.0 Å². The number of urea groups is 1. The lowest BCUT2D eigenvalue weighted by atomic mass is 10.1. The molecule has 2 atom stereocenters. The van der Waals surface area contributed by atoms with E-state index in [-0.39, 0.29) is 12.1 Å². The van der Waals surface area contributed by atoms with E-state index < -0.39 is 0 Å². The molecule has 2 unspecified atom stereocenters. The maximum Gasteiger partial charge on any atom is 0.318 e. The van der Waals surface area contributed by atoms with Crippen molar-refractivity contribution >= 4 is 17.6 Å². The summed E-state index contributed by atoms with van der Waals surface area (Å²) >= 11 is 6.02. The Morgan fingerprint density at radius 2 is 2.27 bits per heavy atom. The Labute approximate surface area is 136 Å². The molecule has 0 radical (unpaired) electrons. The third-order valence-corrected chi connectivity index (χ3v) is 4.65. The molecule has 2 fully saturated rings. The number of hydrogen-bond acceptors (Lipinski definition) is 2. The number of halogens is 1. The second-order valence-corrected chi connectivity index (χ2v) is 6.78. The molecule has 22 heavy (non-hydrogen) atoms. The number of carbonyl (C=O) groups excluding carboxylic acids is 1. The molecule has 0 spiro atoms. The fourth-order valence-electron chi connectivity index (χ4n) is 2.92. The van der Waals surface area contributed by atoms with Crippen LogP contribution in [0.5, 0.6) is 0 Å². The monoisotopic (exact) mass is 322 g/mol. The smallest absolute Gasteiger partial charge is 0.318 e. The Morgan fingerprint density at radius 3 is 2.91 bits per heavy atom. The summed E-state index contributed by atoms with van der Waals surface area (Å²) in [6.07, 6.45) is 3.29. The van der Waals surface area contributed by atoms with Crippen LogP contribution in [0.2, 0.25) is 5.02 Å². The first kappa shape index (κ1) is 15.6. The SMILES string of the molecule is CC(NC(=O)N(CC1CCOC1)C1CC1)c1cccc(Cl)c1. The largest absolute Gasteiger partial charge is 0.381 e. The topological polar surface area (TPSA) is 41.6 Å². The van der Waals surface area contributed by atoms with Gasteiger partial charge in [0.15, 0.2) is 0 Å². The Morgan fingerprint density at radius 1 is 1.45 bits per heavy atom. The Bertz CT molecular complexity index is 527. The van der Waals surface area contributed by atoms with Crippen molar-refractivity contribution in [2.45, 2.75) is 38.3 Å². The molecule has 3 rings (SSSR count). The Kier molecular flexibility index (Phi) is 4.89. The number of hydrogen-bond donors (Lipinski definition) is 1. The molecule has 1 saturated heterocycles. The quantitative estimate of drug-likeness (QED) is 0.899. The highest BCUT2D eigenvalue weighted by Crippen LogP contribution is 2.29. The van der Waals surface area contributed by atoms with E-state index in [9.17, 15) is 4.79 Å². The molecule has 0 aromatic heterocycles. The summed E-state index contributed by atoms with van der Waals surface area (Å²) in [6, 6.07) is 8.04. The second-order valence-electron chi connectivity index (χ2n) is 6.34. The minimum absolute atomic E-state index is 0.0295. The number of nitrogens with zero attached hydrogens (tertiary/aromatic N) is 1. The van der Waals surface area contributed by atoms with E-state index >= 15 is 0 Å². The van der Waals surface area contributed by atoms with Crippen LogP contribution in [0.15, 0.2) is 24.3 Å². The van der Waals surface area contributed by atoms with Crippen molar-refractivity contribution in [1.82, 2.24) is 10.2 Å². The fraction of sp³-hybridized carbons (Fsp3) is 0.588. The first-order valence-electron chi connectivity index (χ1n) is 8.04.